The van der Waals surface area contributed by atoms with Crippen molar-refractivity contribution < 1.29 is 14.3 Å². The van der Waals surface area contributed by atoms with Gasteiger partial charge in [0.25, 0.3) is 0 Å². The van der Waals surface area contributed by atoms with Crippen LogP contribution in [0.25, 0.3) is 0 Å². The van der Waals surface area contributed by atoms with Gasteiger partial charge in [0.05, 0.1) is 7.11 Å². The molecule has 1 N–H and O–H groups in total. The summed E-state index contributed by atoms with van der Waals surface area (Å²) in [5.41, 5.74) is 0. The summed E-state index contributed by atoms with van der Waals surface area (Å²) in [6.45, 7) is 17.2. The van der Waals surface area contributed by atoms with E-state index in [1.165, 1.54) is 13.2 Å². The third kappa shape index (κ3) is 64.5. The number of hydrogen-bond acceptors (Lipinski definition) is 3. The summed E-state index contributed by atoms with van der Waals surface area (Å²) in [4.78, 5) is 19.8. The first kappa shape index (κ1) is 25.7. The van der Waals surface area contributed by atoms with Gasteiger partial charge in [-0.15, -0.1) is 13.2 Å². The van der Waals surface area contributed by atoms with Gasteiger partial charge in [0, 0.05) is 13.1 Å². The van der Waals surface area contributed by atoms with Gasteiger partial charge in [-0.2, -0.15) is 0 Å². The molecule has 0 saturated heterocycles. The van der Waals surface area contributed by atoms with Crippen molar-refractivity contribution in [3.8, 4) is 0 Å². The predicted octanol–water partition coefficient (Wildman–Crippen LogP) is 3.04. The van der Waals surface area contributed by atoms with Crippen LogP contribution in [-0.2, 0) is 14.3 Å². The Bertz CT molecular complexity index is 238. The Balaban J connectivity index is -0.0000000821. The third-order valence-electron chi connectivity index (χ3n) is 1.09. The van der Waals surface area contributed by atoms with Crippen LogP contribution in [0.5, 0.6) is 0 Å². The standard InChI is InChI=1S/C4H7NO.C4H6O2.C4H8.C3H6/c1-3-4(6)5-2;1-3-4(5)6-2;1-3-4-2;1-3-2/h3H,1H2,2H3,(H,5,6);3H,1H2,2H3;3H,1,4H2,2H3;3H,1H2,2H3. The second-order valence-electron chi connectivity index (χ2n) is 2.65. The molecular formula is C15H27NO3. The minimum atomic E-state index is -0.394. The molecule has 1 amide bonds. The van der Waals surface area contributed by atoms with Crippen molar-refractivity contribution in [2.75, 3.05) is 14.2 Å². The van der Waals surface area contributed by atoms with Gasteiger partial charge in [0.15, 0.2) is 0 Å². The first-order chi connectivity index (χ1) is 8.94. The number of hydrogen-bond donors (Lipinski definition) is 1. The van der Waals surface area contributed by atoms with Crippen molar-refractivity contribution in [3.63, 3.8) is 0 Å². The fourth-order valence-electron chi connectivity index (χ4n) is 0.185. The molecule has 0 aliphatic rings. The van der Waals surface area contributed by atoms with E-state index in [1.54, 1.807) is 13.1 Å². The largest absolute Gasteiger partial charge is 0.466 e. The summed E-state index contributed by atoms with van der Waals surface area (Å²) in [6, 6.07) is 0. The lowest BCUT2D eigenvalue weighted by atomic mass is 10.5. The van der Waals surface area contributed by atoms with E-state index >= 15 is 0 Å². The average Bonchev–Trinajstić information content (AvgIpc) is 2.47. The van der Waals surface area contributed by atoms with Crippen LogP contribution in [0.4, 0.5) is 0 Å². The normalized spacial score (nSPS) is 6.32. The second-order valence-corrected chi connectivity index (χ2v) is 2.65. The molecule has 0 spiro atoms. The highest BCUT2D eigenvalue weighted by molar-refractivity contribution is 5.86. The van der Waals surface area contributed by atoms with Gasteiger partial charge in [-0.05, 0) is 19.4 Å². The first-order valence-electron chi connectivity index (χ1n) is 5.67. The van der Waals surface area contributed by atoms with Gasteiger partial charge in [0.1, 0.15) is 0 Å². The van der Waals surface area contributed by atoms with Gasteiger partial charge in [-0.1, -0.05) is 32.2 Å². The van der Waals surface area contributed by atoms with Gasteiger partial charge >= 0.3 is 5.97 Å². The summed E-state index contributed by atoms with van der Waals surface area (Å²) < 4.78 is 4.14. The fourth-order valence-corrected chi connectivity index (χ4v) is 0.185. The van der Waals surface area contributed by atoms with Crippen molar-refractivity contribution in [3.05, 3.63) is 50.6 Å². The van der Waals surface area contributed by atoms with E-state index in [1.807, 2.05) is 13.0 Å². The minimum absolute atomic E-state index is 0.144. The topological polar surface area (TPSA) is 55.4 Å². The molecule has 0 bridgehead atoms. The monoisotopic (exact) mass is 269 g/mol. The lowest BCUT2D eigenvalue weighted by Gasteiger charge is -1.83. The fraction of sp³-hybridized carbons (Fsp3) is 0.333. The maximum Gasteiger partial charge on any atom is 0.329 e. The molecule has 0 aliphatic carbocycles. The van der Waals surface area contributed by atoms with Crippen LogP contribution in [0, 0.1) is 0 Å². The molecule has 0 heterocycles. The minimum Gasteiger partial charge on any atom is -0.466 e. The zero-order chi connectivity index (χ0) is 16.1. The summed E-state index contributed by atoms with van der Waals surface area (Å²) in [7, 11) is 2.87. The van der Waals surface area contributed by atoms with Crippen molar-refractivity contribution in [2.24, 2.45) is 0 Å². The highest BCUT2D eigenvalue weighted by Gasteiger charge is 1.82. The molecule has 0 aromatic rings. The van der Waals surface area contributed by atoms with E-state index in [0.717, 1.165) is 12.5 Å². The molecule has 0 rings (SSSR count). The van der Waals surface area contributed by atoms with E-state index < -0.39 is 5.97 Å². The number of nitrogens with one attached hydrogen (secondary N) is 1. The highest BCUT2D eigenvalue weighted by atomic mass is 16.5. The molecule has 0 aliphatic heterocycles. The van der Waals surface area contributed by atoms with Gasteiger partial charge in [0.2, 0.25) is 5.91 Å². The maximum atomic E-state index is 9.95. The van der Waals surface area contributed by atoms with Gasteiger partial charge in [-0.3, -0.25) is 4.79 Å². The molecule has 0 radical (unpaired) electrons. The molecule has 0 fully saturated rings. The zero-order valence-electron chi connectivity index (χ0n) is 12.6. The van der Waals surface area contributed by atoms with Crippen LogP contribution >= 0.6 is 0 Å². The average molecular weight is 269 g/mol. The summed E-state index contributed by atoms with van der Waals surface area (Å²) in [5, 5.41) is 2.36. The van der Waals surface area contributed by atoms with Crippen molar-refractivity contribution in [1.29, 1.82) is 0 Å². The quantitative estimate of drug-likeness (QED) is 0.487. The third-order valence-corrected chi connectivity index (χ3v) is 1.09. The summed E-state index contributed by atoms with van der Waals surface area (Å²) in [5.74, 6) is -0.537. The molecular weight excluding hydrogens is 242 g/mol. The number of allylic oxidation sites excluding steroid dienone is 2. The molecule has 110 valence electrons. The Labute approximate surface area is 117 Å². The van der Waals surface area contributed by atoms with Crippen molar-refractivity contribution in [1.82, 2.24) is 5.32 Å². The van der Waals surface area contributed by atoms with E-state index in [4.69, 9.17) is 0 Å². The molecule has 4 heteroatoms. The molecule has 0 atom stereocenters. The second kappa shape index (κ2) is 29.7. The Morgan fingerprint density at radius 3 is 1.53 bits per heavy atom. The van der Waals surface area contributed by atoms with E-state index in [2.05, 4.69) is 43.3 Å². The number of esters is 1. The van der Waals surface area contributed by atoms with Crippen LogP contribution in [0.2, 0.25) is 0 Å². The smallest absolute Gasteiger partial charge is 0.329 e. The number of rotatable bonds is 3. The number of methoxy groups -OCH3 is 1. The van der Waals surface area contributed by atoms with Crippen molar-refractivity contribution >= 4 is 11.9 Å². The van der Waals surface area contributed by atoms with E-state index in [-0.39, 0.29) is 5.91 Å². The van der Waals surface area contributed by atoms with Crippen LogP contribution in [-0.4, -0.2) is 26.0 Å². The Morgan fingerprint density at radius 2 is 1.53 bits per heavy atom. The first-order valence-corrected chi connectivity index (χ1v) is 5.67. The lowest BCUT2D eigenvalue weighted by Crippen LogP contribution is -2.13. The molecule has 4 nitrogen and oxygen atoms in total. The number of carbonyl (C=O) groups excluding carboxylic acids is 2. The Kier molecular flexibility index (Phi) is 40.1. The Morgan fingerprint density at radius 1 is 1.16 bits per heavy atom. The number of ether oxygens (including phenoxy) is 1. The predicted molar refractivity (Wildman–Crippen MR) is 82.8 cm³/mol. The Hall–Kier alpha value is -2.10. The molecule has 0 saturated carbocycles. The van der Waals surface area contributed by atoms with Crippen LogP contribution < -0.4 is 5.32 Å². The number of amides is 1. The SMILES string of the molecule is C=CC.C=CC(=O)NC.C=CC(=O)OC.C=CCC. The van der Waals surface area contributed by atoms with Crippen LogP contribution in [0.1, 0.15) is 20.3 Å². The van der Waals surface area contributed by atoms with Crippen LogP contribution in [0.15, 0.2) is 50.6 Å². The molecule has 0 aromatic carbocycles. The van der Waals surface area contributed by atoms with Crippen LogP contribution in [0.3, 0.4) is 0 Å². The van der Waals surface area contributed by atoms with E-state index in [9.17, 15) is 9.59 Å². The summed E-state index contributed by atoms with van der Waals surface area (Å²) in [6.07, 6.45) is 7.04. The van der Waals surface area contributed by atoms with E-state index in [0.29, 0.717) is 0 Å². The maximum absolute atomic E-state index is 9.95. The number of carbonyl (C=O) groups is 2. The summed E-state index contributed by atoms with van der Waals surface area (Å²) >= 11 is 0. The van der Waals surface area contributed by atoms with Gasteiger partial charge < -0.3 is 10.1 Å². The lowest BCUT2D eigenvalue weighted by molar-refractivity contribution is -0.134. The zero-order valence-corrected chi connectivity index (χ0v) is 12.6. The van der Waals surface area contributed by atoms with Crippen molar-refractivity contribution in [2.45, 2.75) is 20.3 Å². The highest BCUT2D eigenvalue weighted by Crippen LogP contribution is 1.67. The molecule has 0 aromatic heterocycles. The molecule has 0 unspecified atom stereocenters. The van der Waals surface area contributed by atoms with Gasteiger partial charge in [-0.25, -0.2) is 4.79 Å². The molecule has 19 heavy (non-hydrogen) atoms. The number of likely N-dealkylation sites (N-methyl/N-ethyl adjacent to an activating group) is 1.